The zero-order chi connectivity index (χ0) is 10.3. The van der Waals surface area contributed by atoms with Gasteiger partial charge in [0, 0.05) is 10.6 Å². The van der Waals surface area contributed by atoms with Crippen molar-refractivity contribution in [1.29, 1.82) is 0 Å². The molecule has 0 atom stereocenters. The summed E-state index contributed by atoms with van der Waals surface area (Å²) in [7, 11) is 1.50. The molecule has 5 heteroatoms. The van der Waals surface area contributed by atoms with Crippen molar-refractivity contribution in [3.8, 4) is 0 Å². The van der Waals surface area contributed by atoms with Crippen molar-refractivity contribution >= 4 is 17.4 Å². The number of halogens is 1. The molecule has 0 saturated heterocycles. The molecule has 13 heavy (non-hydrogen) atoms. The standard InChI is InChI=1S/C7H8ClN3.CH5N/c8-6-3-1-2-5(4-6)7(9)11-10;1-2/h1-4H,10H2,(H2,9,11);2H2,1H3. The van der Waals surface area contributed by atoms with Crippen molar-refractivity contribution in [2.75, 3.05) is 7.05 Å². The molecule has 0 aliphatic carbocycles. The Morgan fingerprint density at radius 3 is 2.46 bits per heavy atom. The van der Waals surface area contributed by atoms with Gasteiger partial charge in [0.15, 0.2) is 0 Å². The van der Waals surface area contributed by atoms with E-state index in [0.29, 0.717) is 5.02 Å². The summed E-state index contributed by atoms with van der Waals surface area (Å²) in [5.74, 6) is 5.26. The third-order valence-corrected chi connectivity index (χ3v) is 1.49. The zero-order valence-corrected chi connectivity index (χ0v) is 8.12. The number of nitrogens with two attached hydrogens (primary N) is 3. The lowest BCUT2D eigenvalue weighted by Crippen LogP contribution is -2.15. The van der Waals surface area contributed by atoms with Crippen molar-refractivity contribution in [3.05, 3.63) is 34.9 Å². The van der Waals surface area contributed by atoms with Gasteiger partial charge in [-0.1, -0.05) is 23.7 Å². The maximum absolute atomic E-state index is 5.69. The van der Waals surface area contributed by atoms with Gasteiger partial charge in [-0.15, -0.1) is 0 Å². The van der Waals surface area contributed by atoms with E-state index in [1.807, 2.05) is 0 Å². The molecule has 1 rings (SSSR count). The molecule has 0 aromatic heterocycles. The van der Waals surface area contributed by atoms with Crippen LogP contribution in [0.2, 0.25) is 5.02 Å². The van der Waals surface area contributed by atoms with Crippen LogP contribution in [0.5, 0.6) is 0 Å². The van der Waals surface area contributed by atoms with Crippen LogP contribution in [0, 0.1) is 0 Å². The first-order valence-electron chi connectivity index (χ1n) is 3.61. The predicted molar refractivity (Wildman–Crippen MR) is 56.5 cm³/mol. The van der Waals surface area contributed by atoms with Gasteiger partial charge in [-0.3, -0.25) is 0 Å². The third kappa shape index (κ3) is 3.78. The molecule has 1 aromatic rings. The van der Waals surface area contributed by atoms with Crippen LogP contribution in [0.4, 0.5) is 0 Å². The summed E-state index contributed by atoms with van der Waals surface area (Å²) < 4.78 is 0. The lowest BCUT2D eigenvalue weighted by molar-refractivity contribution is 1.23. The molecule has 0 bridgehead atoms. The molecule has 4 nitrogen and oxygen atoms in total. The molecule has 0 heterocycles. The molecule has 0 radical (unpaired) electrons. The van der Waals surface area contributed by atoms with Crippen LogP contribution >= 0.6 is 11.6 Å². The number of hydrazone groups is 1. The first kappa shape index (κ1) is 11.7. The van der Waals surface area contributed by atoms with Crippen molar-refractivity contribution in [2.45, 2.75) is 0 Å². The summed E-state index contributed by atoms with van der Waals surface area (Å²) in [6.45, 7) is 0. The highest BCUT2D eigenvalue weighted by atomic mass is 35.5. The number of hydrogen-bond acceptors (Lipinski definition) is 3. The monoisotopic (exact) mass is 200 g/mol. The largest absolute Gasteiger partial charge is 0.382 e. The second-order valence-corrected chi connectivity index (χ2v) is 2.46. The summed E-state index contributed by atoms with van der Waals surface area (Å²) in [6.07, 6.45) is 0. The van der Waals surface area contributed by atoms with E-state index < -0.39 is 0 Å². The number of rotatable bonds is 1. The Labute approximate surface area is 82.4 Å². The minimum atomic E-state index is 0.285. The van der Waals surface area contributed by atoms with Crippen LogP contribution in [0.15, 0.2) is 29.4 Å². The van der Waals surface area contributed by atoms with E-state index in [-0.39, 0.29) is 5.84 Å². The van der Waals surface area contributed by atoms with Gasteiger partial charge < -0.3 is 17.3 Å². The summed E-state index contributed by atoms with van der Waals surface area (Å²) in [6, 6.07) is 7.04. The van der Waals surface area contributed by atoms with Gasteiger partial charge in [-0.2, -0.15) is 5.10 Å². The van der Waals surface area contributed by atoms with Gasteiger partial charge in [0.2, 0.25) is 0 Å². The molecule has 0 aliphatic rings. The van der Waals surface area contributed by atoms with Crippen LogP contribution in [0.1, 0.15) is 5.56 Å². The number of amidine groups is 1. The van der Waals surface area contributed by atoms with Crippen molar-refractivity contribution < 1.29 is 0 Å². The first-order valence-corrected chi connectivity index (χ1v) is 3.99. The minimum absolute atomic E-state index is 0.285. The summed E-state index contributed by atoms with van der Waals surface area (Å²) in [4.78, 5) is 0. The maximum Gasteiger partial charge on any atom is 0.150 e. The number of nitrogens with zero attached hydrogens (tertiary/aromatic N) is 1. The normalized spacial score (nSPS) is 10.2. The van der Waals surface area contributed by atoms with Crippen LogP contribution in [0.25, 0.3) is 0 Å². The van der Waals surface area contributed by atoms with E-state index in [4.69, 9.17) is 23.2 Å². The minimum Gasteiger partial charge on any atom is -0.382 e. The van der Waals surface area contributed by atoms with E-state index in [2.05, 4.69) is 10.8 Å². The molecule has 0 unspecified atom stereocenters. The van der Waals surface area contributed by atoms with Crippen molar-refractivity contribution in [2.24, 2.45) is 22.4 Å². The van der Waals surface area contributed by atoms with Crippen LogP contribution < -0.4 is 17.3 Å². The Hall–Kier alpha value is -1.26. The molecule has 0 saturated carbocycles. The van der Waals surface area contributed by atoms with Gasteiger partial charge >= 0.3 is 0 Å². The second-order valence-electron chi connectivity index (χ2n) is 2.02. The van der Waals surface area contributed by atoms with Crippen molar-refractivity contribution in [1.82, 2.24) is 0 Å². The van der Waals surface area contributed by atoms with Gasteiger partial charge in [0.05, 0.1) is 0 Å². The van der Waals surface area contributed by atoms with E-state index in [0.717, 1.165) is 5.56 Å². The predicted octanol–water partition coefficient (Wildman–Crippen LogP) is 0.494. The van der Waals surface area contributed by atoms with E-state index in [1.54, 1.807) is 24.3 Å². The smallest absolute Gasteiger partial charge is 0.150 e. The van der Waals surface area contributed by atoms with Gasteiger partial charge in [-0.05, 0) is 19.2 Å². The van der Waals surface area contributed by atoms with Crippen LogP contribution in [-0.2, 0) is 0 Å². The Bertz CT molecular complexity index is 285. The second kappa shape index (κ2) is 6.28. The fourth-order valence-electron chi connectivity index (χ4n) is 0.722. The molecular weight excluding hydrogens is 188 g/mol. The summed E-state index contributed by atoms with van der Waals surface area (Å²) >= 11 is 5.69. The van der Waals surface area contributed by atoms with Gasteiger partial charge in [0.1, 0.15) is 5.84 Å². The first-order chi connectivity index (χ1) is 6.24. The average molecular weight is 201 g/mol. The quantitative estimate of drug-likeness (QED) is 0.267. The SMILES string of the molecule is CN.N/N=C(\N)c1cccc(Cl)c1. The van der Waals surface area contributed by atoms with E-state index >= 15 is 0 Å². The Balaban J connectivity index is 0.000000671. The Kier molecular flexibility index (Phi) is 5.67. The lowest BCUT2D eigenvalue weighted by Gasteiger charge is -1.97. The van der Waals surface area contributed by atoms with Gasteiger partial charge in [-0.25, -0.2) is 0 Å². The van der Waals surface area contributed by atoms with Gasteiger partial charge in [0.25, 0.3) is 0 Å². The maximum atomic E-state index is 5.69. The van der Waals surface area contributed by atoms with Crippen LogP contribution in [0.3, 0.4) is 0 Å². The van der Waals surface area contributed by atoms with E-state index in [1.165, 1.54) is 7.05 Å². The summed E-state index contributed by atoms with van der Waals surface area (Å²) in [5, 5.41) is 3.96. The topological polar surface area (TPSA) is 90.4 Å². The third-order valence-electron chi connectivity index (χ3n) is 1.26. The highest BCUT2D eigenvalue weighted by Crippen LogP contribution is 2.09. The molecule has 0 fully saturated rings. The Morgan fingerprint density at radius 1 is 1.38 bits per heavy atom. The highest BCUT2D eigenvalue weighted by molar-refractivity contribution is 6.31. The molecule has 0 amide bonds. The molecule has 1 aromatic carbocycles. The molecule has 6 N–H and O–H groups in total. The molecule has 0 aliphatic heterocycles. The molecule has 72 valence electrons. The Morgan fingerprint density at radius 2 is 2.00 bits per heavy atom. The molecule has 0 spiro atoms. The summed E-state index contributed by atoms with van der Waals surface area (Å²) in [5.41, 5.74) is 10.7. The fourth-order valence-corrected chi connectivity index (χ4v) is 0.913. The van der Waals surface area contributed by atoms with Crippen LogP contribution in [-0.4, -0.2) is 12.9 Å². The lowest BCUT2D eigenvalue weighted by atomic mass is 10.2. The fraction of sp³-hybridized carbons (Fsp3) is 0.125. The number of hydrogen-bond donors (Lipinski definition) is 3. The number of benzene rings is 1. The average Bonchev–Trinajstić information content (AvgIpc) is 2.20. The van der Waals surface area contributed by atoms with Crippen molar-refractivity contribution in [3.63, 3.8) is 0 Å². The highest BCUT2D eigenvalue weighted by Gasteiger charge is 1.96. The van der Waals surface area contributed by atoms with E-state index in [9.17, 15) is 0 Å². The molecular formula is C8H13ClN4. The zero-order valence-electron chi connectivity index (χ0n) is 7.37.